The molecule has 0 unspecified atom stereocenters. The van der Waals surface area contributed by atoms with Crippen LogP contribution in [0.4, 0.5) is 35.2 Å². The summed E-state index contributed by atoms with van der Waals surface area (Å²) in [6.07, 6.45) is -2.54. The zero-order valence-corrected chi connectivity index (χ0v) is 22.8. The molecule has 2 aliphatic rings. The van der Waals surface area contributed by atoms with Crippen LogP contribution in [0.15, 0.2) is 83.5 Å². The Morgan fingerprint density at radius 2 is 1.50 bits per heavy atom. The molecule has 11 nitrogen and oxygen atoms in total. The van der Waals surface area contributed by atoms with E-state index in [0.717, 1.165) is 12.1 Å². The van der Waals surface area contributed by atoms with Crippen molar-refractivity contribution >= 4 is 41.0 Å². The minimum atomic E-state index is -4.74. The summed E-state index contributed by atoms with van der Waals surface area (Å²) in [6, 6.07) is 16.6. The standard InChI is InChI=1S/C30H23F3N6O5/c31-30(32,33)18-11-19(34-25(40)10-17-6-2-1-3-7-17)13-20(12-18)35-29(43)36-26-16-38(37-44-26)21-14-22(15-21)39-27(41)23-8-4-5-9-24(23)28(39)42/h1-9,11-13,16,21-22H,10,14-15H2,(H2-,34,35,36,37,40,43)/p+1. The Morgan fingerprint density at radius 3 is 2.14 bits per heavy atom. The van der Waals surface area contributed by atoms with Crippen LogP contribution in [0.5, 0.6) is 0 Å². The number of rotatable bonds is 7. The number of fused-ring (bicyclic) bond motifs is 1. The van der Waals surface area contributed by atoms with Gasteiger partial charge in [-0.15, -0.1) is 0 Å². The molecule has 2 heterocycles. The van der Waals surface area contributed by atoms with Gasteiger partial charge in [0.05, 0.1) is 29.2 Å². The third-order valence-electron chi connectivity index (χ3n) is 7.38. The summed E-state index contributed by atoms with van der Waals surface area (Å²) in [5.41, 5.74) is -0.0147. The van der Waals surface area contributed by atoms with E-state index in [1.807, 2.05) is 0 Å². The summed E-state index contributed by atoms with van der Waals surface area (Å²) in [6.45, 7) is 0. The molecule has 1 fully saturated rings. The SMILES string of the molecule is O=C(Cc1ccccc1)Nc1cc(NC(=O)Nc2c[n+](C3CC(N4C(=O)c5ccccc5C4=O)C3)no2)cc(C(F)(F)F)c1. The third kappa shape index (κ3) is 5.86. The lowest BCUT2D eigenvalue weighted by Crippen LogP contribution is -2.56. The van der Waals surface area contributed by atoms with Gasteiger partial charge in [-0.1, -0.05) is 42.5 Å². The fourth-order valence-corrected chi connectivity index (χ4v) is 5.21. The number of hydrogen-bond acceptors (Lipinski definition) is 6. The Balaban J connectivity index is 1.07. The van der Waals surface area contributed by atoms with Crippen molar-refractivity contribution in [1.29, 1.82) is 0 Å². The number of amides is 5. The summed E-state index contributed by atoms with van der Waals surface area (Å²) >= 11 is 0. The van der Waals surface area contributed by atoms with E-state index in [1.165, 1.54) is 21.8 Å². The van der Waals surface area contributed by atoms with E-state index < -0.39 is 23.7 Å². The number of anilines is 3. The van der Waals surface area contributed by atoms with Crippen molar-refractivity contribution in [2.75, 3.05) is 16.0 Å². The van der Waals surface area contributed by atoms with Crippen LogP contribution in [-0.4, -0.2) is 40.0 Å². The zero-order chi connectivity index (χ0) is 31.0. The number of aromatic nitrogens is 2. The molecule has 224 valence electrons. The predicted molar refractivity (Wildman–Crippen MR) is 149 cm³/mol. The Kier molecular flexibility index (Phi) is 7.33. The number of nitrogens with zero attached hydrogens (tertiary/aromatic N) is 3. The Hall–Kier alpha value is -5.53. The van der Waals surface area contributed by atoms with Crippen LogP contribution in [0.2, 0.25) is 0 Å². The summed E-state index contributed by atoms with van der Waals surface area (Å²) < 4.78 is 47.3. The normalized spacial score (nSPS) is 17.6. The van der Waals surface area contributed by atoms with Gasteiger partial charge >= 0.3 is 18.1 Å². The number of carbonyl (C=O) groups excluding carboxylic acids is 4. The molecule has 44 heavy (non-hydrogen) atoms. The van der Waals surface area contributed by atoms with Gasteiger partial charge < -0.3 is 10.6 Å². The van der Waals surface area contributed by atoms with Crippen LogP contribution in [-0.2, 0) is 17.4 Å². The molecule has 0 saturated heterocycles. The molecule has 0 bridgehead atoms. The smallest absolute Gasteiger partial charge is 0.326 e. The lowest BCUT2D eigenvalue weighted by molar-refractivity contribution is -0.794. The van der Waals surface area contributed by atoms with Gasteiger partial charge in [0.2, 0.25) is 11.2 Å². The largest absolute Gasteiger partial charge is 0.416 e. The molecule has 3 aromatic carbocycles. The molecule has 5 amide bonds. The Bertz CT molecular complexity index is 1730. The Labute approximate surface area is 247 Å². The van der Waals surface area contributed by atoms with E-state index in [4.69, 9.17) is 4.52 Å². The molecular weight excluding hydrogens is 581 g/mol. The first-order valence-corrected chi connectivity index (χ1v) is 13.5. The van der Waals surface area contributed by atoms with Crippen molar-refractivity contribution < 1.29 is 41.6 Å². The van der Waals surface area contributed by atoms with Crippen molar-refractivity contribution in [2.24, 2.45) is 0 Å². The average molecular weight is 606 g/mol. The fourth-order valence-electron chi connectivity index (χ4n) is 5.21. The van der Waals surface area contributed by atoms with Crippen molar-refractivity contribution in [2.45, 2.75) is 37.5 Å². The number of imide groups is 1. The maximum absolute atomic E-state index is 13.6. The molecule has 0 radical (unpaired) electrons. The second kappa shape index (κ2) is 11.3. The molecule has 4 aromatic rings. The van der Waals surface area contributed by atoms with E-state index in [-0.39, 0.29) is 47.6 Å². The highest BCUT2D eigenvalue weighted by Gasteiger charge is 2.49. The third-order valence-corrected chi connectivity index (χ3v) is 7.38. The zero-order valence-electron chi connectivity index (χ0n) is 22.8. The number of carbonyl (C=O) groups is 4. The number of benzene rings is 3. The fraction of sp³-hybridized carbons (Fsp3) is 0.200. The average Bonchev–Trinajstić information content (AvgIpc) is 3.50. The topological polar surface area (TPSA) is 138 Å². The first-order chi connectivity index (χ1) is 21.0. The highest BCUT2D eigenvalue weighted by atomic mass is 19.4. The van der Waals surface area contributed by atoms with Crippen molar-refractivity contribution in [1.82, 2.24) is 10.2 Å². The highest BCUT2D eigenvalue weighted by molar-refractivity contribution is 6.21. The van der Waals surface area contributed by atoms with Gasteiger partial charge in [0.15, 0.2) is 6.04 Å². The molecule has 1 aromatic heterocycles. The minimum absolute atomic E-state index is 0.0497. The summed E-state index contributed by atoms with van der Waals surface area (Å²) in [5.74, 6) is -1.30. The van der Waals surface area contributed by atoms with Gasteiger partial charge in [-0.3, -0.25) is 29.1 Å². The highest BCUT2D eigenvalue weighted by Crippen LogP contribution is 2.37. The van der Waals surface area contributed by atoms with Crippen LogP contribution in [0.25, 0.3) is 0 Å². The van der Waals surface area contributed by atoms with Crippen LogP contribution in [0, 0.1) is 0 Å². The van der Waals surface area contributed by atoms with E-state index >= 15 is 0 Å². The van der Waals surface area contributed by atoms with Gasteiger partial charge in [-0.2, -0.15) is 13.2 Å². The van der Waals surface area contributed by atoms with Gasteiger partial charge in [-0.25, -0.2) is 4.79 Å². The van der Waals surface area contributed by atoms with Crippen molar-refractivity contribution in [3.05, 3.63) is 101 Å². The minimum Gasteiger partial charge on any atom is -0.326 e. The molecule has 0 spiro atoms. The molecule has 1 aliphatic heterocycles. The molecular formula is C30H24F3N6O5+. The van der Waals surface area contributed by atoms with E-state index in [0.29, 0.717) is 29.5 Å². The van der Waals surface area contributed by atoms with Crippen molar-refractivity contribution in [3.8, 4) is 0 Å². The molecule has 1 aliphatic carbocycles. The van der Waals surface area contributed by atoms with E-state index in [1.54, 1.807) is 54.6 Å². The van der Waals surface area contributed by atoms with Crippen LogP contribution < -0.4 is 20.6 Å². The molecule has 3 N–H and O–H groups in total. The molecule has 14 heteroatoms. The lowest BCUT2D eigenvalue weighted by Gasteiger charge is -2.34. The van der Waals surface area contributed by atoms with Crippen LogP contribution >= 0.6 is 0 Å². The predicted octanol–water partition coefficient (Wildman–Crippen LogP) is 4.81. The van der Waals surface area contributed by atoms with E-state index in [9.17, 15) is 32.3 Å². The second-order valence-electron chi connectivity index (χ2n) is 10.4. The number of urea groups is 1. The molecule has 0 atom stereocenters. The summed E-state index contributed by atoms with van der Waals surface area (Å²) in [7, 11) is 0. The van der Waals surface area contributed by atoms with Crippen molar-refractivity contribution in [3.63, 3.8) is 0 Å². The second-order valence-corrected chi connectivity index (χ2v) is 10.4. The first kappa shape index (κ1) is 28.6. The monoisotopic (exact) mass is 605 g/mol. The summed E-state index contributed by atoms with van der Waals surface area (Å²) in [4.78, 5) is 51.7. The molecule has 6 rings (SSSR count). The number of nitrogens with one attached hydrogen (secondary N) is 3. The van der Waals surface area contributed by atoms with Crippen LogP contribution in [0.1, 0.15) is 50.7 Å². The van der Waals surface area contributed by atoms with Gasteiger partial charge in [0, 0.05) is 24.2 Å². The number of hydrogen-bond donors (Lipinski definition) is 3. The maximum atomic E-state index is 13.6. The quantitative estimate of drug-likeness (QED) is 0.204. The lowest BCUT2D eigenvalue weighted by atomic mass is 9.85. The number of halogens is 3. The van der Waals surface area contributed by atoms with Gasteiger partial charge in [0.1, 0.15) is 0 Å². The number of alkyl halides is 3. The van der Waals surface area contributed by atoms with Gasteiger partial charge in [0.25, 0.3) is 18.0 Å². The summed E-state index contributed by atoms with van der Waals surface area (Å²) in [5, 5.41) is 11.0. The Morgan fingerprint density at radius 1 is 0.886 bits per heavy atom. The maximum Gasteiger partial charge on any atom is 0.416 e. The van der Waals surface area contributed by atoms with Gasteiger partial charge in [-0.05, 0) is 40.6 Å². The first-order valence-electron chi connectivity index (χ1n) is 13.5. The molecule has 1 saturated carbocycles. The van der Waals surface area contributed by atoms with Crippen LogP contribution in [0.3, 0.4) is 0 Å². The van der Waals surface area contributed by atoms with E-state index in [2.05, 4.69) is 21.2 Å².